The Kier molecular flexibility index (Phi) is 5.76. The van der Waals surface area contributed by atoms with Crippen LogP contribution in [0.4, 0.5) is 0 Å². The van der Waals surface area contributed by atoms with Gasteiger partial charge in [0.25, 0.3) is 5.91 Å². The quantitative estimate of drug-likeness (QED) is 0.698. The summed E-state index contributed by atoms with van der Waals surface area (Å²) in [6.45, 7) is 2.72. The normalized spacial score (nSPS) is 10.5. The molecule has 0 saturated carbocycles. The Morgan fingerprint density at radius 2 is 1.89 bits per heavy atom. The molecule has 0 saturated heterocycles. The molecule has 1 aromatic heterocycles. The van der Waals surface area contributed by atoms with Crippen molar-refractivity contribution >= 4 is 5.91 Å². The van der Waals surface area contributed by atoms with E-state index in [-0.39, 0.29) is 5.91 Å². The molecule has 1 N–H and O–H groups in total. The number of aryl methyl sites for hydroxylation is 2. The van der Waals surface area contributed by atoms with Crippen LogP contribution in [0.5, 0.6) is 11.5 Å². The number of nitrogens with zero attached hydrogens (tertiary/aromatic N) is 2. The number of nitrogens with one attached hydrogen (secondary N) is 1. The third-order valence-electron chi connectivity index (χ3n) is 4.25. The summed E-state index contributed by atoms with van der Waals surface area (Å²) in [7, 11) is 3.49. The minimum absolute atomic E-state index is 0.141. The lowest BCUT2D eigenvalue weighted by atomic mass is 10.1. The van der Waals surface area contributed by atoms with Gasteiger partial charge in [-0.05, 0) is 42.8 Å². The lowest BCUT2D eigenvalue weighted by Crippen LogP contribution is -2.23. The van der Waals surface area contributed by atoms with Gasteiger partial charge in [0.1, 0.15) is 6.61 Å². The molecule has 0 unspecified atom stereocenters. The van der Waals surface area contributed by atoms with Gasteiger partial charge in [0.05, 0.1) is 19.3 Å². The fraction of sp³-hybridized carbons (Fsp3) is 0.238. The molecule has 0 spiro atoms. The van der Waals surface area contributed by atoms with E-state index in [1.54, 1.807) is 17.9 Å². The SMILES string of the molecule is COc1ccccc1OCc1cccc(C(=O)NCc2cc(C)n(C)n2)c1. The van der Waals surface area contributed by atoms with Crippen molar-refractivity contribution < 1.29 is 14.3 Å². The largest absolute Gasteiger partial charge is 0.493 e. The molecule has 0 bridgehead atoms. The molecule has 3 aromatic rings. The topological polar surface area (TPSA) is 65.4 Å². The second kappa shape index (κ2) is 8.40. The van der Waals surface area contributed by atoms with E-state index in [4.69, 9.17) is 9.47 Å². The van der Waals surface area contributed by atoms with Crippen LogP contribution in [0.2, 0.25) is 0 Å². The Labute approximate surface area is 158 Å². The Hall–Kier alpha value is -3.28. The van der Waals surface area contributed by atoms with Gasteiger partial charge in [-0.25, -0.2) is 0 Å². The van der Waals surface area contributed by atoms with E-state index in [1.165, 1.54) is 0 Å². The van der Waals surface area contributed by atoms with E-state index < -0.39 is 0 Å². The van der Waals surface area contributed by atoms with Crippen LogP contribution in [-0.2, 0) is 20.2 Å². The molecule has 1 amide bonds. The zero-order chi connectivity index (χ0) is 19.2. The molecule has 2 aromatic carbocycles. The van der Waals surface area contributed by atoms with E-state index in [9.17, 15) is 4.79 Å². The number of hydrogen-bond acceptors (Lipinski definition) is 4. The average molecular weight is 365 g/mol. The van der Waals surface area contributed by atoms with E-state index in [2.05, 4.69) is 10.4 Å². The first-order valence-electron chi connectivity index (χ1n) is 8.69. The van der Waals surface area contributed by atoms with Gasteiger partial charge in [0, 0.05) is 18.3 Å². The highest BCUT2D eigenvalue weighted by molar-refractivity contribution is 5.94. The number of rotatable bonds is 7. The Morgan fingerprint density at radius 1 is 1.11 bits per heavy atom. The zero-order valence-electron chi connectivity index (χ0n) is 15.7. The molecule has 0 aliphatic heterocycles. The van der Waals surface area contributed by atoms with E-state index >= 15 is 0 Å². The first-order valence-corrected chi connectivity index (χ1v) is 8.69. The number of aromatic nitrogens is 2. The maximum absolute atomic E-state index is 12.4. The number of ether oxygens (including phenoxy) is 2. The number of hydrogen-bond donors (Lipinski definition) is 1. The summed E-state index contributed by atoms with van der Waals surface area (Å²) in [4.78, 5) is 12.4. The zero-order valence-corrected chi connectivity index (χ0v) is 15.7. The van der Waals surface area contributed by atoms with E-state index in [0.29, 0.717) is 30.2 Å². The van der Waals surface area contributed by atoms with Crippen molar-refractivity contribution in [2.45, 2.75) is 20.1 Å². The van der Waals surface area contributed by atoms with Gasteiger partial charge in [0.15, 0.2) is 11.5 Å². The molecular formula is C21H23N3O3. The molecule has 0 atom stereocenters. The minimum atomic E-state index is -0.141. The van der Waals surface area contributed by atoms with Crippen molar-refractivity contribution in [2.24, 2.45) is 7.05 Å². The first kappa shape index (κ1) is 18.5. The second-order valence-corrected chi connectivity index (χ2v) is 6.22. The van der Waals surface area contributed by atoms with Crippen molar-refractivity contribution in [3.63, 3.8) is 0 Å². The lowest BCUT2D eigenvalue weighted by Gasteiger charge is -2.11. The summed E-state index contributed by atoms with van der Waals surface area (Å²) in [5.74, 6) is 1.20. The van der Waals surface area contributed by atoms with Crippen LogP contribution in [0.25, 0.3) is 0 Å². The number of benzene rings is 2. The average Bonchev–Trinajstić information content (AvgIpc) is 3.02. The molecule has 140 valence electrons. The molecule has 0 fully saturated rings. The van der Waals surface area contributed by atoms with Crippen LogP contribution >= 0.6 is 0 Å². The van der Waals surface area contributed by atoms with Gasteiger partial charge in [-0.2, -0.15) is 5.10 Å². The standard InChI is InChI=1S/C21H23N3O3/c1-15-11-18(23-24(15)2)13-22-21(25)17-8-6-7-16(12-17)14-27-20-10-5-4-9-19(20)26-3/h4-12H,13-14H2,1-3H3,(H,22,25). The second-order valence-electron chi connectivity index (χ2n) is 6.22. The van der Waals surface area contributed by atoms with Crippen LogP contribution in [-0.4, -0.2) is 22.8 Å². The van der Waals surface area contributed by atoms with E-state index in [0.717, 1.165) is 17.0 Å². The summed E-state index contributed by atoms with van der Waals surface area (Å²) < 4.78 is 12.9. The smallest absolute Gasteiger partial charge is 0.251 e. The molecule has 0 aliphatic carbocycles. The van der Waals surface area contributed by atoms with Gasteiger partial charge in [0.2, 0.25) is 0 Å². The molecule has 6 heteroatoms. The van der Waals surface area contributed by atoms with Crippen LogP contribution in [0.1, 0.15) is 27.3 Å². The van der Waals surface area contributed by atoms with Gasteiger partial charge >= 0.3 is 0 Å². The van der Waals surface area contributed by atoms with Crippen molar-refractivity contribution in [1.82, 2.24) is 15.1 Å². The van der Waals surface area contributed by atoms with Crippen LogP contribution < -0.4 is 14.8 Å². The summed E-state index contributed by atoms with van der Waals surface area (Å²) in [6.07, 6.45) is 0. The van der Waals surface area contributed by atoms with Crippen LogP contribution in [0, 0.1) is 6.92 Å². The summed E-state index contributed by atoms with van der Waals surface area (Å²) >= 11 is 0. The van der Waals surface area contributed by atoms with Gasteiger partial charge in [-0.15, -0.1) is 0 Å². The number of amides is 1. The minimum Gasteiger partial charge on any atom is -0.493 e. The van der Waals surface area contributed by atoms with Gasteiger partial charge < -0.3 is 14.8 Å². The van der Waals surface area contributed by atoms with Crippen LogP contribution in [0.3, 0.4) is 0 Å². The van der Waals surface area contributed by atoms with Crippen molar-refractivity contribution in [2.75, 3.05) is 7.11 Å². The van der Waals surface area contributed by atoms with E-state index in [1.807, 2.05) is 62.5 Å². The third kappa shape index (κ3) is 4.67. The van der Waals surface area contributed by atoms with Gasteiger partial charge in [-0.3, -0.25) is 9.48 Å². The summed E-state index contributed by atoms with van der Waals surface area (Å²) in [5, 5.41) is 7.24. The highest BCUT2D eigenvalue weighted by Gasteiger charge is 2.09. The molecule has 0 aliphatic rings. The predicted molar refractivity (Wildman–Crippen MR) is 103 cm³/mol. The third-order valence-corrected chi connectivity index (χ3v) is 4.25. The monoisotopic (exact) mass is 365 g/mol. The number of methoxy groups -OCH3 is 1. The Balaban J connectivity index is 1.61. The van der Waals surface area contributed by atoms with Crippen molar-refractivity contribution in [1.29, 1.82) is 0 Å². The maximum atomic E-state index is 12.4. The maximum Gasteiger partial charge on any atom is 0.251 e. The van der Waals surface area contributed by atoms with Crippen molar-refractivity contribution in [3.8, 4) is 11.5 Å². The Morgan fingerprint density at radius 3 is 2.59 bits per heavy atom. The fourth-order valence-electron chi connectivity index (χ4n) is 2.70. The van der Waals surface area contributed by atoms with Gasteiger partial charge in [-0.1, -0.05) is 24.3 Å². The molecule has 1 heterocycles. The molecule has 0 radical (unpaired) electrons. The molecule has 6 nitrogen and oxygen atoms in total. The number of carbonyl (C=O) groups is 1. The molecule has 27 heavy (non-hydrogen) atoms. The number of carbonyl (C=O) groups excluding carboxylic acids is 1. The van der Waals surface area contributed by atoms with Crippen LogP contribution in [0.15, 0.2) is 54.6 Å². The number of para-hydroxylation sites is 2. The Bertz CT molecular complexity index is 914. The highest BCUT2D eigenvalue weighted by atomic mass is 16.5. The highest BCUT2D eigenvalue weighted by Crippen LogP contribution is 2.26. The predicted octanol–water partition coefficient (Wildman–Crippen LogP) is 3.25. The summed E-state index contributed by atoms with van der Waals surface area (Å²) in [5.41, 5.74) is 3.37. The molecule has 3 rings (SSSR count). The van der Waals surface area contributed by atoms with Crippen molar-refractivity contribution in [3.05, 3.63) is 77.1 Å². The molecular weight excluding hydrogens is 342 g/mol. The first-order chi connectivity index (χ1) is 13.1. The fourth-order valence-corrected chi connectivity index (χ4v) is 2.70. The lowest BCUT2D eigenvalue weighted by molar-refractivity contribution is 0.0950. The summed E-state index contributed by atoms with van der Waals surface area (Å²) in [6, 6.07) is 16.8.